The van der Waals surface area contributed by atoms with Crippen molar-refractivity contribution in [3.63, 3.8) is 0 Å². The number of H-pyrrole nitrogens is 1. The number of aromatic amines is 1. The predicted molar refractivity (Wildman–Crippen MR) is 91.6 cm³/mol. The van der Waals surface area contributed by atoms with E-state index in [0.717, 1.165) is 30.6 Å². The molecule has 0 saturated heterocycles. The van der Waals surface area contributed by atoms with E-state index in [1.165, 1.54) is 0 Å². The molecule has 5 heteroatoms. The lowest BCUT2D eigenvalue weighted by Gasteiger charge is -2.16. The fraction of sp³-hybridized carbons (Fsp3) is 0.0667. The van der Waals surface area contributed by atoms with Crippen molar-refractivity contribution >= 4 is 45.1 Å². The molecule has 0 aliphatic heterocycles. The minimum absolute atomic E-state index is 0.0966. The van der Waals surface area contributed by atoms with Gasteiger partial charge in [-0.1, -0.05) is 35.9 Å². The second kappa shape index (κ2) is 5.73. The molecule has 2 aromatic carbocycles. The Morgan fingerprint density at radius 1 is 1.20 bits per heavy atom. The maximum Gasteiger partial charge on any atom is 0.0731 e. The van der Waals surface area contributed by atoms with Crippen molar-refractivity contribution in [3.05, 3.63) is 68.4 Å². The highest BCUT2D eigenvalue weighted by atomic mass is 127. The van der Waals surface area contributed by atoms with Crippen LogP contribution in [0, 0.1) is 3.57 Å². The number of halogens is 2. The number of aromatic nitrogens is 1. The van der Waals surface area contributed by atoms with Crippen molar-refractivity contribution in [1.82, 2.24) is 10.4 Å². The van der Waals surface area contributed by atoms with Crippen LogP contribution >= 0.6 is 34.2 Å². The summed E-state index contributed by atoms with van der Waals surface area (Å²) in [5, 5.41) is 1.90. The Kier molecular flexibility index (Phi) is 3.98. The third-order valence-electron chi connectivity index (χ3n) is 3.38. The Morgan fingerprint density at radius 2 is 2.00 bits per heavy atom. The van der Waals surface area contributed by atoms with Crippen LogP contribution in [0.15, 0.2) is 48.7 Å². The van der Waals surface area contributed by atoms with Gasteiger partial charge in [0.05, 0.1) is 11.1 Å². The molecule has 1 heterocycles. The normalized spacial score (nSPS) is 12.8. The van der Waals surface area contributed by atoms with Gasteiger partial charge in [0.25, 0.3) is 0 Å². The molecule has 102 valence electrons. The van der Waals surface area contributed by atoms with Crippen molar-refractivity contribution in [2.24, 2.45) is 5.84 Å². The Hall–Kier alpha value is -1.08. The smallest absolute Gasteiger partial charge is 0.0731 e. The average molecular weight is 398 g/mol. The molecule has 1 unspecified atom stereocenters. The predicted octanol–water partition coefficient (Wildman–Crippen LogP) is 3.98. The number of nitrogens with two attached hydrogens (primary N) is 1. The number of nitrogens with one attached hydrogen (secondary N) is 2. The Morgan fingerprint density at radius 3 is 2.75 bits per heavy atom. The van der Waals surface area contributed by atoms with Crippen molar-refractivity contribution in [3.8, 4) is 0 Å². The molecule has 3 rings (SSSR count). The van der Waals surface area contributed by atoms with E-state index in [0.29, 0.717) is 0 Å². The standard InChI is InChI=1S/C15H13ClIN3/c16-12-7-9(5-6-13(12)17)15(20-18)11-8-19-14-4-2-1-3-10(11)14/h1-8,15,19-20H,18H2. The quantitative estimate of drug-likeness (QED) is 0.356. The fourth-order valence-corrected chi connectivity index (χ4v) is 2.91. The second-order valence-electron chi connectivity index (χ2n) is 4.56. The highest BCUT2D eigenvalue weighted by Gasteiger charge is 2.17. The SMILES string of the molecule is NNC(c1ccc(I)c(Cl)c1)c1c[nH]c2ccccc12. The minimum atomic E-state index is -0.0966. The first-order valence-corrected chi connectivity index (χ1v) is 7.63. The van der Waals surface area contributed by atoms with Gasteiger partial charge in [0.1, 0.15) is 0 Å². The molecule has 0 radical (unpaired) electrons. The highest BCUT2D eigenvalue weighted by molar-refractivity contribution is 14.1. The summed E-state index contributed by atoms with van der Waals surface area (Å²) in [6.07, 6.45) is 1.99. The van der Waals surface area contributed by atoms with Gasteiger partial charge in [0.2, 0.25) is 0 Å². The number of hydrazine groups is 1. The van der Waals surface area contributed by atoms with Crippen LogP contribution in [0.25, 0.3) is 10.9 Å². The van der Waals surface area contributed by atoms with E-state index in [1.54, 1.807) is 0 Å². The summed E-state index contributed by atoms with van der Waals surface area (Å²) in [5.41, 5.74) is 6.13. The zero-order valence-corrected chi connectivity index (χ0v) is 13.4. The first-order valence-electron chi connectivity index (χ1n) is 6.18. The van der Waals surface area contributed by atoms with Crippen LogP contribution in [0.3, 0.4) is 0 Å². The van der Waals surface area contributed by atoms with E-state index >= 15 is 0 Å². The summed E-state index contributed by atoms with van der Waals surface area (Å²) < 4.78 is 1.03. The summed E-state index contributed by atoms with van der Waals surface area (Å²) in [6, 6.07) is 14.1. The first-order chi connectivity index (χ1) is 9.70. The third kappa shape index (κ3) is 2.44. The van der Waals surface area contributed by atoms with Gasteiger partial charge in [-0.05, 0) is 46.4 Å². The molecule has 0 fully saturated rings. The van der Waals surface area contributed by atoms with Gasteiger partial charge in [0, 0.05) is 26.2 Å². The van der Waals surface area contributed by atoms with Crippen LogP contribution in [-0.2, 0) is 0 Å². The van der Waals surface area contributed by atoms with Crippen LogP contribution in [0.1, 0.15) is 17.2 Å². The van der Waals surface area contributed by atoms with Crippen LogP contribution in [0.5, 0.6) is 0 Å². The van der Waals surface area contributed by atoms with Crippen LogP contribution in [0.2, 0.25) is 5.02 Å². The number of benzene rings is 2. The topological polar surface area (TPSA) is 53.8 Å². The first kappa shape index (κ1) is 13.9. The van der Waals surface area contributed by atoms with Gasteiger partial charge in [0.15, 0.2) is 0 Å². The van der Waals surface area contributed by atoms with Gasteiger partial charge in [-0.25, -0.2) is 5.43 Å². The lowest BCUT2D eigenvalue weighted by molar-refractivity contribution is 0.641. The molecular formula is C15H13ClIN3. The number of hydrogen-bond donors (Lipinski definition) is 3. The molecule has 20 heavy (non-hydrogen) atoms. The molecule has 4 N–H and O–H groups in total. The summed E-state index contributed by atoms with van der Waals surface area (Å²) >= 11 is 8.43. The monoisotopic (exact) mass is 397 g/mol. The van der Waals surface area contributed by atoms with Gasteiger partial charge in [-0.2, -0.15) is 0 Å². The fourth-order valence-electron chi connectivity index (χ4n) is 2.39. The van der Waals surface area contributed by atoms with E-state index < -0.39 is 0 Å². The second-order valence-corrected chi connectivity index (χ2v) is 6.13. The number of fused-ring (bicyclic) bond motifs is 1. The van der Waals surface area contributed by atoms with Crippen molar-refractivity contribution < 1.29 is 0 Å². The maximum absolute atomic E-state index is 6.21. The summed E-state index contributed by atoms with van der Waals surface area (Å²) in [4.78, 5) is 3.27. The minimum Gasteiger partial charge on any atom is -0.361 e. The molecule has 1 aromatic heterocycles. The summed E-state index contributed by atoms with van der Waals surface area (Å²) in [5.74, 6) is 5.77. The maximum atomic E-state index is 6.21. The van der Waals surface area contributed by atoms with Crippen LogP contribution in [0.4, 0.5) is 0 Å². The van der Waals surface area contributed by atoms with E-state index in [-0.39, 0.29) is 6.04 Å². The van der Waals surface area contributed by atoms with Crippen molar-refractivity contribution in [1.29, 1.82) is 0 Å². The molecule has 3 aromatic rings. The molecule has 0 aliphatic rings. The molecular weight excluding hydrogens is 385 g/mol. The largest absolute Gasteiger partial charge is 0.361 e. The Labute approximate surface area is 135 Å². The van der Waals surface area contributed by atoms with E-state index in [9.17, 15) is 0 Å². The third-order valence-corrected chi connectivity index (χ3v) is 4.95. The summed E-state index contributed by atoms with van der Waals surface area (Å²) in [7, 11) is 0. The number of hydrogen-bond acceptors (Lipinski definition) is 2. The van der Waals surface area contributed by atoms with E-state index in [4.69, 9.17) is 17.4 Å². The zero-order chi connectivity index (χ0) is 14.1. The van der Waals surface area contributed by atoms with Gasteiger partial charge < -0.3 is 4.98 Å². The van der Waals surface area contributed by atoms with E-state index in [2.05, 4.69) is 39.1 Å². The Balaban J connectivity index is 2.11. The molecule has 3 nitrogen and oxygen atoms in total. The molecule has 0 bridgehead atoms. The molecule has 0 aliphatic carbocycles. The number of rotatable bonds is 3. The van der Waals surface area contributed by atoms with Gasteiger partial charge in [-0.3, -0.25) is 5.84 Å². The average Bonchev–Trinajstić information content (AvgIpc) is 2.88. The van der Waals surface area contributed by atoms with Crippen molar-refractivity contribution in [2.75, 3.05) is 0 Å². The van der Waals surface area contributed by atoms with Gasteiger partial charge >= 0.3 is 0 Å². The number of para-hydroxylation sites is 1. The lowest BCUT2D eigenvalue weighted by atomic mass is 9.99. The van der Waals surface area contributed by atoms with Crippen LogP contribution in [-0.4, -0.2) is 4.98 Å². The van der Waals surface area contributed by atoms with E-state index in [1.807, 2.05) is 42.6 Å². The molecule has 0 saturated carbocycles. The molecule has 0 amide bonds. The summed E-state index contributed by atoms with van der Waals surface area (Å²) in [6.45, 7) is 0. The van der Waals surface area contributed by atoms with Crippen molar-refractivity contribution in [2.45, 2.75) is 6.04 Å². The Bertz CT molecular complexity index is 754. The zero-order valence-electron chi connectivity index (χ0n) is 10.5. The lowest BCUT2D eigenvalue weighted by Crippen LogP contribution is -2.28. The van der Waals surface area contributed by atoms with Crippen LogP contribution < -0.4 is 11.3 Å². The molecule has 0 spiro atoms. The highest BCUT2D eigenvalue weighted by Crippen LogP contribution is 2.30. The molecule has 1 atom stereocenters. The van der Waals surface area contributed by atoms with Gasteiger partial charge in [-0.15, -0.1) is 0 Å².